The number of hydrogen-bond acceptors (Lipinski definition) is 5. The predicted octanol–water partition coefficient (Wildman–Crippen LogP) is 7.20. The fourth-order valence-electron chi connectivity index (χ4n) is 4.42. The fourth-order valence-corrected chi connectivity index (χ4v) is 5.59. The molecule has 1 unspecified atom stereocenters. The van der Waals surface area contributed by atoms with Crippen LogP contribution >= 0.6 is 11.3 Å². The Balaban J connectivity index is 1.70. The van der Waals surface area contributed by atoms with Crippen LogP contribution in [0.25, 0.3) is 31.6 Å². The quantitative estimate of drug-likeness (QED) is 0.265. The third-order valence-electron chi connectivity index (χ3n) is 6.19. The van der Waals surface area contributed by atoms with Gasteiger partial charge in [0.25, 0.3) is 0 Å². The van der Waals surface area contributed by atoms with Crippen molar-refractivity contribution < 1.29 is 19.4 Å². The summed E-state index contributed by atoms with van der Waals surface area (Å²) in [6.07, 6.45) is -0.390. The molecule has 0 saturated carbocycles. The lowest BCUT2D eigenvalue weighted by Gasteiger charge is -2.21. The number of fused-ring (bicyclic) bond motifs is 2. The second-order valence-corrected chi connectivity index (χ2v) is 9.54. The number of aryl methyl sites for hydroxylation is 2. The number of carboxylic acid groups (broad SMARTS) is 1. The van der Waals surface area contributed by atoms with Crippen molar-refractivity contribution in [1.29, 1.82) is 0 Å². The van der Waals surface area contributed by atoms with E-state index in [0.717, 1.165) is 31.7 Å². The van der Waals surface area contributed by atoms with Gasteiger partial charge in [0.1, 0.15) is 11.9 Å². The highest BCUT2D eigenvalue weighted by atomic mass is 32.1. The summed E-state index contributed by atoms with van der Waals surface area (Å²) in [5.74, 6) is -0.545. The summed E-state index contributed by atoms with van der Waals surface area (Å²) in [6.45, 7) is 4.33. The number of thiophene rings is 1. The Morgan fingerprint density at radius 3 is 2.49 bits per heavy atom. The standard InChI is InChI=1S/C29H25NO4S/c1-17-13-14-23(34-24(16-33-3)19-9-5-4-6-10-19)26-21(29(31)32)15-22(30-27(17)26)28-18(2)20-11-7-8-12-25(20)35-28/h4-15,24H,16H2,1-3H3,(H,31,32). The second kappa shape index (κ2) is 9.49. The molecule has 2 heterocycles. The summed E-state index contributed by atoms with van der Waals surface area (Å²) in [4.78, 5) is 18.4. The van der Waals surface area contributed by atoms with Crippen molar-refractivity contribution in [2.75, 3.05) is 13.7 Å². The average molecular weight is 484 g/mol. The van der Waals surface area contributed by atoms with E-state index in [4.69, 9.17) is 14.5 Å². The topological polar surface area (TPSA) is 68.7 Å². The van der Waals surface area contributed by atoms with Gasteiger partial charge in [-0.2, -0.15) is 0 Å². The Kier molecular flexibility index (Phi) is 6.24. The van der Waals surface area contributed by atoms with Gasteiger partial charge >= 0.3 is 5.97 Å². The van der Waals surface area contributed by atoms with Crippen LogP contribution in [0.5, 0.6) is 5.75 Å². The number of ether oxygens (including phenoxy) is 2. The molecule has 0 radical (unpaired) electrons. The maximum Gasteiger partial charge on any atom is 0.336 e. The zero-order chi connectivity index (χ0) is 24.5. The van der Waals surface area contributed by atoms with Crippen molar-refractivity contribution in [3.8, 4) is 16.3 Å². The van der Waals surface area contributed by atoms with E-state index >= 15 is 0 Å². The molecule has 1 atom stereocenters. The summed E-state index contributed by atoms with van der Waals surface area (Å²) in [5.41, 5.74) is 4.39. The number of aromatic nitrogens is 1. The zero-order valence-electron chi connectivity index (χ0n) is 19.7. The zero-order valence-corrected chi connectivity index (χ0v) is 20.6. The van der Waals surface area contributed by atoms with Gasteiger partial charge in [0, 0.05) is 11.8 Å². The molecule has 5 rings (SSSR count). The first-order valence-electron chi connectivity index (χ1n) is 11.3. The number of carbonyl (C=O) groups is 1. The van der Waals surface area contributed by atoms with Crippen molar-refractivity contribution in [1.82, 2.24) is 4.98 Å². The van der Waals surface area contributed by atoms with Gasteiger partial charge in [-0.1, -0.05) is 54.6 Å². The van der Waals surface area contributed by atoms with Crippen LogP contribution in [0.15, 0.2) is 72.8 Å². The van der Waals surface area contributed by atoms with E-state index in [-0.39, 0.29) is 5.56 Å². The van der Waals surface area contributed by atoms with Gasteiger partial charge in [0.2, 0.25) is 0 Å². The minimum absolute atomic E-state index is 0.171. The summed E-state index contributed by atoms with van der Waals surface area (Å²) in [7, 11) is 1.62. The largest absolute Gasteiger partial charge is 0.483 e. The molecule has 0 aliphatic rings. The molecule has 6 heteroatoms. The van der Waals surface area contributed by atoms with E-state index in [2.05, 4.69) is 19.1 Å². The highest BCUT2D eigenvalue weighted by Crippen LogP contribution is 2.41. The molecule has 176 valence electrons. The molecule has 3 aromatic carbocycles. The number of methoxy groups -OCH3 is 1. The van der Waals surface area contributed by atoms with Gasteiger partial charge in [-0.05, 0) is 54.1 Å². The van der Waals surface area contributed by atoms with E-state index in [1.54, 1.807) is 24.5 Å². The molecular formula is C29H25NO4S. The summed E-state index contributed by atoms with van der Waals surface area (Å²) in [5, 5.41) is 11.9. The number of hydrogen-bond donors (Lipinski definition) is 1. The van der Waals surface area contributed by atoms with Gasteiger partial charge in [-0.15, -0.1) is 11.3 Å². The van der Waals surface area contributed by atoms with Gasteiger partial charge in [0.15, 0.2) is 0 Å². The van der Waals surface area contributed by atoms with E-state index in [1.807, 2.05) is 61.5 Å². The maximum atomic E-state index is 12.5. The lowest BCUT2D eigenvalue weighted by Crippen LogP contribution is -2.14. The number of nitrogens with zero attached hydrogens (tertiary/aromatic N) is 1. The first-order chi connectivity index (χ1) is 17.0. The third-order valence-corrected chi connectivity index (χ3v) is 7.48. The smallest absolute Gasteiger partial charge is 0.336 e. The molecule has 5 aromatic rings. The van der Waals surface area contributed by atoms with E-state index in [0.29, 0.717) is 29.0 Å². The first-order valence-corrected chi connectivity index (χ1v) is 12.2. The van der Waals surface area contributed by atoms with Crippen LogP contribution in [0.4, 0.5) is 0 Å². The molecule has 0 spiro atoms. The molecule has 0 saturated heterocycles. The highest BCUT2D eigenvalue weighted by molar-refractivity contribution is 7.22. The number of aromatic carboxylic acids is 1. The fraction of sp³-hybridized carbons (Fsp3) is 0.172. The van der Waals surface area contributed by atoms with Crippen molar-refractivity contribution in [3.05, 3.63) is 95.1 Å². The molecule has 0 bridgehead atoms. The van der Waals surface area contributed by atoms with Crippen LogP contribution in [0.1, 0.15) is 33.2 Å². The van der Waals surface area contributed by atoms with Crippen LogP contribution in [-0.2, 0) is 4.74 Å². The van der Waals surface area contributed by atoms with Gasteiger partial charge in [-0.25, -0.2) is 9.78 Å². The Bertz CT molecular complexity index is 1540. The SMILES string of the molecule is COCC(Oc1ccc(C)c2nc(-c3sc4ccccc4c3C)cc(C(=O)O)c12)c1ccccc1. The number of carboxylic acids is 1. The Morgan fingerprint density at radius 1 is 1.03 bits per heavy atom. The summed E-state index contributed by atoms with van der Waals surface area (Å²) in [6, 6.07) is 23.4. The lowest BCUT2D eigenvalue weighted by atomic mass is 10.0. The van der Waals surface area contributed by atoms with E-state index in [1.165, 1.54) is 0 Å². The van der Waals surface area contributed by atoms with Crippen molar-refractivity contribution in [3.63, 3.8) is 0 Å². The predicted molar refractivity (Wildman–Crippen MR) is 141 cm³/mol. The minimum Gasteiger partial charge on any atom is -0.483 e. The normalized spacial score (nSPS) is 12.2. The number of benzene rings is 3. The third kappa shape index (κ3) is 4.27. The molecule has 0 aliphatic carbocycles. The minimum atomic E-state index is -1.02. The first kappa shape index (κ1) is 23.0. The van der Waals surface area contributed by atoms with Gasteiger partial charge in [-0.3, -0.25) is 0 Å². The lowest BCUT2D eigenvalue weighted by molar-refractivity contribution is 0.0696. The molecular weight excluding hydrogens is 458 g/mol. The van der Waals surface area contributed by atoms with Gasteiger partial charge < -0.3 is 14.6 Å². The molecule has 0 amide bonds. The van der Waals surface area contributed by atoms with Crippen molar-refractivity contribution >= 4 is 38.3 Å². The van der Waals surface area contributed by atoms with Crippen LogP contribution in [-0.4, -0.2) is 29.8 Å². The number of rotatable bonds is 7. The monoisotopic (exact) mass is 483 g/mol. The molecule has 0 aliphatic heterocycles. The highest BCUT2D eigenvalue weighted by Gasteiger charge is 2.23. The average Bonchev–Trinajstić information content (AvgIpc) is 3.21. The van der Waals surface area contributed by atoms with E-state index in [9.17, 15) is 9.90 Å². The molecule has 5 nitrogen and oxygen atoms in total. The molecule has 2 aromatic heterocycles. The Hall–Kier alpha value is -3.74. The second-order valence-electron chi connectivity index (χ2n) is 8.49. The number of pyridine rings is 1. The summed E-state index contributed by atoms with van der Waals surface area (Å²) < 4.78 is 12.9. The Morgan fingerprint density at radius 2 is 1.77 bits per heavy atom. The molecule has 35 heavy (non-hydrogen) atoms. The Labute approximate surface area is 207 Å². The summed E-state index contributed by atoms with van der Waals surface area (Å²) >= 11 is 1.63. The maximum absolute atomic E-state index is 12.5. The molecule has 1 N–H and O–H groups in total. The van der Waals surface area contributed by atoms with Gasteiger partial charge in [0.05, 0.1) is 33.6 Å². The molecule has 0 fully saturated rings. The van der Waals surface area contributed by atoms with Crippen LogP contribution in [0.2, 0.25) is 0 Å². The van der Waals surface area contributed by atoms with Crippen LogP contribution in [0, 0.1) is 13.8 Å². The van der Waals surface area contributed by atoms with E-state index < -0.39 is 12.1 Å². The van der Waals surface area contributed by atoms with Crippen LogP contribution < -0.4 is 4.74 Å². The van der Waals surface area contributed by atoms with Crippen molar-refractivity contribution in [2.24, 2.45) is 0 Å². The van der Waals surface area contributed by atoms with Crippen molar-refractivity contribution in [2.45, 2.75) is 20.0 Å². The van der Waals surface area contributed by atoms with Crippen LogP contribution in [0.3, 0.4) is 0 Å².